The second-order valence-corrected chi connectivity index (χ2v) is 12.8. The number of azide groups is 1. The van der Waals surface area contributed by atoms with Gasteiger partial charge in [0.05, 0.1) is 6.61 Å². The zero-order chi connectivity index (χ0) is 17.5. The summed E-state index contributed by atoms with van der Waals surface area (Å²) in [5.74, 6) is -0.730. The third kappa shape index (κ3) is 3.99. The fourth-order valence-electron chi connectivity index (χ4n) is 2.44. The molecule has 0 bridgehead atoms. The van der Waals surface area contributed by atoms with E-state index in [-0.39, 0.29) is 17.2 Å². The zero-order valence-corrected chi connectivity index (χ0v) is 15.9. The van der Waals surface area contributed by atoms with Gasteiger partial charge in [-0.05, 0) is 37.5 Å². The summed E-state index contributed by atoms with van der Waals surface area (Å²) in [5.41, 5.74) is 8.42. The number of rotatable bonds is 5. The molecule has 2 heterocycles. The van der Waals surface area contributed by atoms with E-state index >= 15 is 0 Å². The smallest absolute Gasteiger partial charge is 0.238 e. The monoisotopic (exact) mass is 345 g/mol. The van der Waals surface area contributed by atoms with Crippen LogP contribution in [0.4, 0.5) is 0 Å². The maximum atomic E-state index is 8.42. The third-order valence-corrected chi connectivity index (χ3v) is 9.21. The number of nitrogens with zero attached hydrogens (tertiary/aromatic N) is 3. The Morgan fingerprint density at radius 2 is 1.83 bits per heavy atom. The van der Waals surface area contributed by atoms with Crippen LogP contribution in [0.1, 0.15) is 34.6 Å². The van der Waals surface area contributed by atoms with Crippen LogP contribution in [0.2, 0.25) is 18.1 Å². The van der Waals surface area contributed by atoms with E-state index in [1.165, 1.54) is 0 Å². The van der Waals surface area contributed by atoms with E-state index in [9.17, 15) is 0 Å². The summed E-state index contributed by atoms with van der Waals surface area (Å²) in [6.07, 6.45) is -1.86. The van der Waals surface area contributed by atoms with Crippen LogP contribution in [-0.4, -0.2) is 45.3 Å². The minimum atomic E-state index is -1.90. The summed E-state index contributed by atoms with van der Waals surface area (Å²) in [5, 5.41) is 3.24. The summed E-state index contributed by atoms with van der Waals surface area (Å²) in [7, 11) is -1.90. The summed E-state index contributed by atoms with van der Waals surface area (Å²) in [6, 6.07) is 0. The summed E-state index contributed by atoms with van der Waals surface area (Å²) >= 11 is 0. The molecule has 0 saturated carbocycles. The van der Waals surface area contributed by atoms with Crippen LogP contribution in [0.5, 0.6) is 0 Å². The number of hydrogen-bond acceptors (Lipinski definition) is 6. The first-order chi connectivity index (χ1) is 10.5. The molecule has 23 heavy (non-hydrogen) atoms. The van der Waals surface area contributed by atoms with Gasteiger partial charge in [0.25, 0.3) is 0 Å². The van der Waals surface area contributed by atoms with Gasteiger partial charge in [-0.3, -0.25) is 0 Å². The molecule has 0 radical (unpaired) electrons. The molecule has 0 unspecified atom stereocenters. The molecule has 2 aliphatic heterocycles. The van der Waals surface area contributed by atoms with E-state index in [0.717, 1.165) is 0 Å². The minimum absolute atomic E-state index is 0.109. The van der Waals surface area contributed by atoms with Gasteiger partial charge in [0, 0.05) is 4.91 Å². The van der Waals surface area contributed by atoms with E-state index < -0.39 is 26.5 Å². The second kappa shape index (κ2) is 6.23. The van der Waals surface area contributed by atoms with Gasteiger partial charge in [-0.2, -0.15) is 0 Å². The number of fused-ring (bicyclic) bond motifs is 1. The SMILES string of the molecule is CC1(C)O[C@@H]2[C@@H](ON=[N+]=[N-])O[C@@H](CO[Si](C)(C)C(C)(C)C)[C@@H]2O1. The van der Waals surface area contributed by atoms with E-state index in [1.54, 1.807) is 0 Å². The largest absolute Gasteiger partial charge is 0.414 e. The molecule has 4 atom stereocenters. The Hall–Kier alpha value is -0.833. The number of hydrogen-bond donors (Lipinski definition) is 0. The molecule has 2 aliphatic rings. The van der Waals surface area contributed by atoms with Crippen molar-refractivity contribution in [1.82, 2.24) is 0 Å². The molecule has 0 aliphatic carbocycles. The van der Waals surface area contributed by atoms with Gasteiger partial charge in [-0.15, -0.1) is 0 Å². The van der Waals surface area contributed by atoms with Crippen molar-refractivity contribution in [3.8, 4) is 0 Å². The topological polar surface area (TPSA) is 94.9 Å². The molecule has 0 aromatic heterocycles. The van der Waals surface area contributed by atoms with Gasteiger partial charge in [-0.25, -0.2) is 0 Å². The highest BCUT2D eigenvalue weighted by atomic mass is 28.4. The van der Waals surface area contributed by atoms with Crippen LogP contribution in [0.25, 0.3) is 10.4 Å². The lowest BCUT2D eigenvalue weighted by Crippen LogP contribution is -2.44. The first-order valence-electron chi connectivity index (χ1n) is 7.82. The maximum absolute atomic E-state index is 8.42. The highest BCUT2D eigenvalue weighted by molar-refractivity contribution is 6.74. The molecular weight excluding hydrogens is 318 g/mol. The predicted molar refractivity (Wildman–Crippen MR) is 85.9 cm³/mol. The van der Waals surface area contributed by atoms with Crippen LogP contribution in [0, 0.1) is 0 Å². The van der Waals surface area contributed by atoms with Crippen LogP contribution < -0.4 is 0 Å². The van der Waals surface area contributed by atoms with E-state index in [4.69, 9.17) is 29.0 Å². The highest BCUT2D eigenvalue weighted by Crippen LogP contribution is 2.41. The van der Waals surface area contributed by atoms with Crippen molar-refractivity contribution in [1.29, 1.82) is 0 Å². The van der Waals surface area contributed by atoms with Crippen molar-refractivity contribution in [2.75, 3.05) is 6.61 Å². The molecular formula is C14H27N3O5Si. The molecule has 9 heteroatoms. The standard InChI is InChI=1S/C14H27N3O5Si/c1-13(2,3)23(6,7)18-8-9-10-11(21-14(4,5)20-10)12(19-9)22-17-16-15/h9-12H,8H2,1-7H3/t9-,10-,11-,12+/m0/s1. The zero-order valence-electron chi connectivity index (χ0n) is 14.9. The minimum Gasteiger partial charge on any atom is -0.414 e. The molecule has 2 fully saturated rings. The molecule has 2 rings (SSSR count). The lowest BCUT2D eigenvalue weighted by Gasteiger charge is -2.37. The van der Waals surface area contributed by atoms with Crippen molar-refractivity contribution in [2.24, 2.45) is 5.28 Å². The summed E-state index contributed by atoms with van der Waals surface area (Å²) in [6.45, 7) is 15.0. The van der Waals surface area contributed by atoms with Gasteiger partial charge in [-0.1, -0.05) is 20.8 Å². The molecule has 0 spiro atoms. The van der Waals surface area contributed by atoms with Crippen molar-refractivity contribution < 1.29 is 23.5 Å². The van der Waals surface area contributed by atoms with E-state index in [2.05, 4.69) is 44.1 Å². The third-order valence-electron chi connectivity index (χ3n) is 4.71. The van der Waals surface area contributed by atoms with E-state index in [0.29, 0.717) is 6.61 Å². The second-order valence-electron chi connectivity index (χ2n) is 7.96. The lowest BCUT2D eigenvalue weighted by molar-refractivity contribution is -0.236. The van der Waals surface area contributed by atoms with Gasteiger partial charge in [0.2, 0.25) is 6.29 Å². The average Bonchev–Trinajstić information content (AvgIpc) is 2.87. The van der Waals surface area contributed by atoms with Gasteiger partial charge in [0.15, 0.2) is 20.2 Å². The maximum Gasteiger partial charge on any atom is 0.238 e. The Labute approximate surface area is 138 Å². The Bertz CT molecular complexity index is 487. The molecule has 0 aromatic rings. The van der Waals surface area contributed by atoms with Gasteiger partial charge < -0.3 is 23.5 Å². The molecule has 0 N–H and O–H groups in total. The normalized spacial score (nSPS) is 33.2. The molecule has 0 amide bonds. The van der Waals surface area contributed by atoms with Crippen LogP contribution in [0.3, 0.4) is 0 Å². The molecule has 8 nitrogen and oxygen atoms in total. The van der Waals surface area contributed by atoms with Gasteiger partial charge >= 0.3 is 0 Å². The van der Waals surface area contributed by atoms with Crippen molar-refractivity contribution in [2.45, 2.75) is 83.1 Å². The number of ether oxygens (including phenoxy) is 3. The predicted octanol–water partition coefficient (Wildman–Crippen LogP) is 3.50. The molecule has 2 saturated heterocycles. The Kier molecular flexibility index (Phi) is 5.01. The summed E-state index contributed by atoms with van der Waals surface area (Å²) in [4.78, 5) is 7.62. The van der Waals surface area contributed by atoms with Crippen molar-refractivity contribution in [3.05, 3.63) is 10.4 Å². The Morgan fingerprint density at radius 1 is 1.22 bits per heavy atom. The average molecular weight is 345 g/mol. The Morgan fingerprint density at radius 3 is 2.39 bits per heavy atom. The van der Waals surface area contributed by atoms with Crippen LogP contribution >= 0.6 is 0 Å². The van der Waals surface area contributed by atoms with Crippen LogP contribution in [0.15, 0.2) is 5.28 Å². The Balaban J connectivity index is 2.06. The summed E-state index contributed by atoms with van der Waals surface area (Å²) < 4.78 is 23.8. The van der Waals surface area contributed by atoms with E-state index in [1.807, 2.05) is 13.8 Å². The molecule has 132 valence electrons. The fraction of sp³-hybridized carbons (Fsp3) is 1.00. The van der Waals surface area contributed by atoms with Crippen LogP contribution in [-0.2, 0) is 23.5 Å². The lowest BCUT2D eigenvalue weighted by atomic mass is 10.1. The fourth-order valence-corrected chi connectivity index (χ4v) is 3.45. The first kappa shape index (κ1) is 18.5. The van der Waals surface area contributed by atoms with Gasteiger partial charge in [0.1, 0.15) is 17.5 Å². The first-order valence-corrected chi connectivity index (χ1v) is 10.7. The quantitative estimate of drug-likeness (QED) is 0.250. The highest BCUT2D eigenvalue weighted by Gasteiger charge is 2.57. The van der Waals surface area contributed by atoms with Crippen molar-refractivity contribution >= 4 is 8.32 Å². The van der Waals surface area contributed by atoms with Crippen molar-refractivity contribution in [3.63, 3.8) is 0 Å². The molecule has 0 aromatic carbocycles.